The Hall–Kier alpha value is -1.58. The summed E-state index contributed by atoms with van der Waals surface area (Å²) in [5, 5.41) is 8.50. The minimum atomic E-state index is -0.810. The molecule has 70 valence electrons. The van der Waals surface area contributed by atoms with Crippen LogP contribution in [0.4, 0.5) is 5.82 Å². The summed E-state index contributed by atoms with van der Waals surface area (Å²) in [5.74, 6) is -0.212. The van der Waals surface area contributed by atoms with E-state index in [1.807, 2.05) is 19.1 Å². The highest BCUT2D eigenvalue weighted by Gasteiger charge is 2.08. The Bertz CT molecular complexity index is 303. The maximum Gasteiger partial charge on any atom is 0.307 e. The van der Waals surface area contributed by atoms with Gasteiger partial charge < -0.3 is 5.11 Å². The lowest BCUT2D eigenvalue weighted by Gasteiger charge is -2.04. The number of aliphatic carboxylic acids is 1. The summed E-state index contributed by atoms with van der Waals surface area (Å²) in [4.78, 5) is 10.3. The van der Waals surface area contributed by atoms with Crippen LogP contribution < -0.4 is 10.3 Å². The summed E-state index contributed by atoms with van der Waals surface area (Å²) < 4.78 is 1.79. The van der Waals surface area contributed by atoms with Crippen molar-refractivity contribution < 1.29 is 14.5 Å². The Kier molecular flexibility index (Phi) is 2.84. The molecule has 0 aromatic carbocycles. The number of rotatable bonds is 3. The van der Waals surface area contributed by atoms with Crippen molar-refractivity contribution in [1.29, 1.82) is 0 Å². The summed E-state index contributed by atoms with van der Waals surface area (Å²) in [6.07, 6.45) is 0.0969. The van der Waals surface area contributed by atoms with Gasteiger partial charge in [0.1, 0.15) is 12.2 Å². The van der Waals surface area contributed by atoms with Crippen molar-refractivity contribution in [3.05, 3.63) is 23.9 Å². The SMILES string of the molecule is Cc1cccc(N)[n+]1CCC(=O)O. The smallest absolute Gasteiger partial charge is 0.307 e. The van der Waals surface area contributed by atoms with Gasteiger partial charge in [0, 0.05) is 6.07 Å². The molecule has 4 heteroatoms. The first-order chi connectivity index (χ1) is 6.11. The van der Waals surface area contributed by atoms with Crippen LogP contribution in [0.3, 0.4) is 0 Å². The van der Waals surface area contributed by atoms with Gasteiger partial charge in [-0.05, 0) is 13.0 Å². The summed E-state index contributed by atoms with van der Waals surface area (Å²) in [5.41, 5.74) is 6.65. The van der Waals surface area contributed by atoms with Crippen LogP contribution in [0.1, 0.15) is 12.1 Å². The van der Waals surface area contributed by atoms with Crippen LogP contribution in [0, 0.1) is 6.92 Å². The standard InChI is InChI=1S/C9H12N2O2/c1-7-3-2-4-8(10)11(7)6-5-9(12)13/h2-4,10H,5-6H2,1H3,(H,12,13)/p+1. The molecule has 0 amide bonds. The molecule has 3 N–H and O–H groups in total. The average Bonchev–Trinajstić information content (AvgIpc) is 2.03. The number of hydrogen-bond acceptors (Lipinski definition) is 2. The van der Waals surface area contributed by atoms with E-state index in [1.54, 1.807) is 10.6 Å². The van der Waals surface area contributed by atoms with E-state index in [2.05, 4.69) is 0 Å². The summed E-state index contributed by atoms with van der Waals surface area (Å²) in [7, 11) is 0. The van der Waals surface area contributed by atoms with E-state index in [4.69, 9.17) is 10.8 Å². The fraction of sp³-hybridized carbons (Fsp3) is 0.333. The molecule has 1 aromatic heterocycles. The molecule has 1 heterocycles. The Morgan fingerprint density at radius 2 is 2.31 bits per heavy atom. The van der Waals surface area contributed by atoms with Gasteiger partial charge in [-0.15, -0.1) is 0 Å². The molecule has 0 aliphatic carbocycles. The molecule has 0 aliphatic rings. The van der Waals surface area contributed by atoms with Crippen molar-refractivity contribution in [2.24, 2.45) is 0 Å². The van der Waals surface area contributed by atoms with Crippen molar-refractivity contribution in [2.45, 2.75) is 19.9 Å². The van der Waals surface area contributed by atoms with Gasteiger partial charge in [0.2, 0.25) is 0 Å². The quantitative estimate of drug-likeness (QED) is 0.661. The van der Waals surface area contributed by atoms with Gasteiger partial charge in [0.05, 0.1) is 6.42 Å². The van der Waals surface area contributed by atoms with Crippen LogP contribution in [0.15, 0.2) is 18.2 Å². The largest absolute Gasteiger partial charge is 0.481 e. The van der Waals surface area contributed by atoms with E-state index in [0.717, 1.165) is 5.69 Å². The van der Waals surface area contributed by atoms with E-state index in [0.29, 0.717) is 12.4 Å². The van der Waals surface area contributed by atoms with Crippen molar-refractivity contribution >= 4 is 11.8 Å². The third-order valence-electron chi connectivity index (χ3n) is 1.89. The number of carboxylic acid groups (broad SMARTS) is 1. The third-order valence-corrected chi connectivity index (χ3v) is 1.89. The lowest BCUT2D eigenvalue weighted by Crippen LogP contribution is -2.40. The second kappa shape index (κ2) is 3.89. The van der Waals surface area contributed by atoms with Crippen LogP contribution in [-0.2, 0) is 11.3 Å². The molecule has 4 nitrogen and oxygen atoms in total. The number of carbonyl (C=O) groups is 1. The van der Waals surface area contributed by atoms with Crippen molar-refractivity contribution in [3.8, 4) is 0 Å². The van der Waals surface area contributed by atoms with Gasteiger partial charge in [-0.25, -0.2) is 4.57 Å². The van der Waals surface area contributed by atoms with Crippen LogP contribution in [0.2, 0.25) is 0 Å². The van der Waals surface area contributed by atoms with Crippen molar-refractivity contribution in [1.82, 2.24) is 0 Å². The van der Waals surface area contributed by atoms with Crippen molar-refractivity contribution in [3.63, 3.8) is 0 Å². The van der Waals surface area contributed by atoms with Gasteiger partial charge >= 0.3 is 5.97 Å². The maximum atomic E-state index is 10.3. The van der Waals surface area contributed by atoms with Crippen LogP contribution in [0.25, 0.3) is 0 Å². The summed E-state index contributed by atoms with van der Waals surface area (Å²) in [6.45, 7) is 2.33. The molecule has 0 aliphatic heterocycles. The topological polar surface area (TPSA) is 67.2 Å². The summed E-state index contributed by atoms with van der Waals surface area (Å²) >= 11 is 0. The number of aryl methyl sites for hydroxylation is 1. The minimum Gasteiger partial charge on any atom is -0.481 e. The van der Waals surface area contributed by atoms with E-state index in [1.165, 1.54) is 0 Å². The number of carboxylic acids is 1. The first-order valence-electron chi connectivity index (χ1n) is 4.08. The zero-order chi connectivity index (χ0) is 9.84. The zero-order valence-corrected chi connectivity index (χ0v) is 7.53. The van der Waals surface area contributed by atoms with Crippen LogP contribution in [0.5, 0.6) is 0 Å². The fourth-order valence-corrected chi connectivity index (χ4v) is 1.18. The molecule has 1 rings (SSSR count). The molecule has 0 bridgehead atoms. The number of nitrogen functional groups attached to an aromatic ring is 1. The van der Waals surface area contributed by atoms with Gasteiger partial charge in [0.15, 0.2) is 0 Å². The lowest BCUT2D eigenvalue weighted by molar-refractivity contribution is -0.687. The van der Waals surface area contributed by atoms with Gasteiger partial charge in [-0.1, -0.05) is 6.07 Å². The number of anilines is 1. The molecular formula is C9H13N2O2+. The first-order valence-corrected chi connectivity index (χ1v) is 4.08. The van der Waals surface area contributed by atoms with Gasteiger partial charge in [-0.2, -0.15) is 0 Å². The molecule has 0 saturated carbocycles. The Balaban J connectivity index is 2.81. The lowest BCUT2D eigenvalue weighted by atomic mass is 10.3. The van der Waals surface area contributed by atoms with Crippen molar-refractivity contribution in [2.75, 3.05) is 5.73 Å². The average molecular weight is 181 g/mol. The van der Waals surface area contributed by atoms with Gasteiger partial charge in [0.25, 0.3) is 5.82 Å². The van der Waals surface area contributed by atoms with E-state index < -0.39 is 5.97 Å². The number of hydrogen-bond donors (Lipinski definition) is 2. The molecule has 0 fully saturated rings. The highest BCUT2D eigenvalue weighted by Crippen LogP contribution is 1.97. The molecule has 13 heavy (non-hydrogen) atoms. The first kappa shape index (κ1) is 9.51. The normalized spacial score (nSPS) is 9.92. The van der Waals surface area contributed by atoms with Crippen LogP contribution >= 0.6 is 0 Å². The predicted octanol–water partition coefficient (Wildman–Crippen LogP) is 0.339. The van der Waals surface area contributed by atoms with Crippen LogP contribution in [-0.4, -0.2) is 11.1 Å². The minimum absolute atomic E-state index is 0.0969. The molecule has 1 aromatic rings. The number of nitrogens with zero attached hydrogens (tertiary/aromatic N) is 1. The maximum absolute atomic E-state index is 10.3. The number of aromatic nitrogens is 1. The number of nitrogens with two attached hydrogens (primary N) is 1. The van der Waals surface area contributed by atoms with E-state index in [9.17, 15) is 4.79 Å². The molecule has 0 unspecified atom stereocenters. The predicted molar refractivity (Wildman–Crippen MR) is 48.0 cm³/mol. The molecule has 0 saturated heterocycles. The highest BCUT2D eigenvalue weighted by atomic mass is 16.4. The van der Waals surface area contributed by atoms with E-state index >= 15 is 0 Å². The monoisotopic (exact) mass is 181 g/mol. The molecule has 0 atom stereocenters. The second-order valence-electron chi connectivity index (χ2n) is 2.89. The molecular weight excluding hydrogens is 168 g/mol. The zero-order valence-electron chi connectivity index (χ0n) is 7.53. The second-order valence-corrected chi connectivity index (χ2v) is 2.89. The Morgan fingerprint density at radius 3 is 2.85 bits per heavy atom. The Labute approximate surface area is 76.6 Å². The fourth-order valence-electron chi connectivity index (χ4n) is 1.18. The Morgan fingerprint density at radius 1 is 1.62 bits per heavy atom. The summed E-state index contributed by atoms with van der Waals surface area (Å²) in [6, 6.07) is 5.51. The van der Waals surface area contributed by atoms with E-state index in [-0.39, 0.29) is 6.42 Å². The highest BCUT2D eigenvalue weighted by molar-refractivity contribution is 5.66. The third kappa shape index (κ3) is 2.43. The molecule has 0 spiro atoms. The molecule has 0 radical (unpaired) electrons. The number of pyridine rings is 1. The van der Waals surface area contributed by atoms with Gasteiger partial charge in [-0.3, -0.25) is 10.5 Å².